The second kappa shape index (κ2) is 22.7. The van der Waals surface area contributed by atoms with E-state index >= 15 is 4.39 Å². The first-order chi connectivity index (χ1) is 32.7. The molecule has 6 aromatic heterocycles. The van der Waals surface area contributed by atoms with E-state index < -0.39 is 42.5 Å². The van der Waals surface area contributed by atoms with Crippen molar-refractivity contribution in [1.29, 1.82) is 0 Å². The largest absolute Gasteiger partial charge is 0.481 e. The number of nitrogens with zero attached hydrogens (tertiary/aromatic N) is 9. The fourth-order valence-corrected chi connectivity index (χ4v) is 6.68. The van der Waals surface area contributed by atoms with E-state index in [0.29, 0.717) is 34.7 Å². The van der Waals surface area contributed by atoms with Gasteiger partial charge < -0.3 is 33.9 Å². The zero-order valence-corrected chi connectivity index (χ0v) is 42.8. The summed E-state index contributed by atoms with van der Waals surface area (Å²) in [5, 5.41) is 29.4. The predicted molar refractivity (Wildman–Crippen MR) is 258 cm³/mol. The van der Waals surface area contributed by atoms with Gasteiger partial charge in [-0.3, -0.25) is 14.7 Å². The number of aliphatic carboxylic acids is 2. The Kier molecular flexibility index (Phi) is 17.5. The molecule has 0 bridgehead atoms. The quantitative estimate of drug-likeness (QED) is 0.0449. The molecule has 22 heteroatoms. The lowest BCUT2D eigenvalue weighted by Crippen LogP contribution is -2.30. The van der Waals surface area contributed by atoms with Crippen LogP contribution in [0, 0.1) is 36.3 Å². The second-order valence-electron chi connectivity index (χ2n) is 19.6. The monoisotopic (exact) mass is 988 g/mol. The maximum atomic E-state index is 15.3. The van der Waals surface area contributed by atoms with Gasteiger partial charge in [-0.05, 0) is 98.5 Å². The molecule has 3 N–H and O–H groups in total. The van der Waals surface area contributed by atoms with E-state index in [1.807, 2.05) is 41.5 Å². The highest BCUT2D eigenvalue weighted by Crippen LogP contribution is 2.31. The summed E-state index contributed by atoms with van der Waals surface area (Å²) in [5.41, 5.74) is 1.85. The Labute approximate surface area is 406 Å². The zero-order valence-electron chi connectivity index (χ0n) is 41.8. The van der Waals surface area contributed by atoms with Crippen LogP contribution in [0.3, 0.4) is 0 Å². The maximum absolute atomic E-state index is 15.3. The molecule has 0 atom stereocenters. The van der Waals surface area contributed by atoms with Crippen molar-refractivity contribution < 1.29 is 52.3 Å². The molecule has 70 heavy (non-hydrogen) atoms. The minimum absolute atomic E-state index is 0.00493. The van der Waals surface area contributed by atoms with Gasteiger partial charge in [0.1, 0.15) is 31.3 Å². The first-order valence-corrected chi connectivity index (χ1v) is 26.2. The molecule has 0 aliphatic heterocycles. The summed E-state index contributed by atoms with van der Waals surface area (Å²) in [4.78, 5) is 47.9. The van der Waals surface area contributed by atoms with Gasteiger partial charge in [-0.2, -0.15) is 14.6 Å². The van der Waals surface area contributed by atoms with Gasteiger partial charge in [0.05, 0.1) is 23.0 Å². The van der Waals surface area contributed by atoms with Gasteiger partial charge in [-0.1, -0.05) is 19.6 Å². The number of hydrogen-bond acceptors (Lipinski definition) is 15. The molecule has 0 radical (unpaired) electrons. The number of carboxylic acid groups (broad SMARTS) is 2. The highest BCUT2D eigenvalue weighted by atomic mass is 28.3. The van der Waals surface area contributed by atoms with Crippen molar-refractivity contribution in [3.05, 3.63) is 71.8 Å². The van der Waals surface area contributed by atoms with Crippen LogP contribution in [0.25, 0.3) is 45.3 Å². The van der Waals surface area contributed by atoms with Crippen LogP contribution in [0.4, 0.5) is 8.78 Å². The summed E-state index contributed by atoms with van der Waals surface area (Å²) in [6, 6.07) is 7.41. The van der Waals surface area contributed by atoms with Crippen molar-refractivity contribution in [3.63, 3.8) is 0 Å². The number of ether oxygens (including phenoxy) is 5. The minimum atomic E-state index is -1.24. The lowest BCUT2D eigenvalue weighted by atomic mass is 9.95. The third-order valence-electron chi connectivity index (χ3n) is 10.2. The second-order valence-corrected chi connectivity index (χ2v) is 25.2. The van der Waals surface area contributed by atoms with E-state index in [9.17, 15) is 24.2 Å². The highest BCUT2D eigenvalue weighted by molar-refractivity contribution is 6.76. The van der Waals surface area contributed by atoms with E-state index in [-0.39, 0.29) is 73.1 Å². The Balaban J connectivity index is 0.000000267. The zero-order chi connectivity index (χ0) is 51.7. The van der Waals surface area contributed by atoms with E-state index in [1.54, 1.807) is 46.0 Å². The first kappa shape index (κ1) is 54.0. The van der Waals surface area contributed by atoms with E-state index in [2.05, 4.69) is 64.8 Å². The van der Waals surface area contributed by atoms with Gasteiger partial charge in [0.25, 0.3) is 0 Å². The van der Waals surface area contributed by atoms with Crippen molar-refractivity contribution in [3.8, 4) is 69.1 Å². The highest BCUT2D eigenvalue weighted by Gasteiger charge is 2.30. The van der Waals surface area contributed by atoms with Gasteiger partial charge >= 0.3 is 24.0 Å². The van der Waals surface area contributed by atoms with Crippen LogP contribution >= 0.6 is 0 Å². The third-order valence-corrected chi connectivity index (χ3v) is 11.9. The fourth-order valence-electron chi connectivity index (χ4n) is 5.92. The number of aromatic amines is 1. The fraction of sp³-hybridized carbons (Fsp3) is 0.458. The predicted octanol–water partition coefficient (Wildman–Crippen LogP) is 9.09. The number of carboxylic acids is 2. The van der Waals surface area contributed by atoms with E-state index in [0.717, 1.165) is 17.2 Å². The standard InChI is InChI=1S/C27H38FN5O5Si.C21H24FN5O4/c1-17(2)38-26-31-24(32-33(26)16-36-9-10-39(6,7)8)23-21(28)12-19(13-30-23)20-14-29-22(11-18(20)3)37-15-27(4,5)25(34)35;1-11(2)31-20-25-18(26-27-20)17-15(22)7-13(8-24-17)14-9-23-16(6-12(14)3)30-10-21(4,5)19(28)29/h11-14,17H,9-10,15-16H2,1-8H3,(H,34,35);6-9,11H,10H2,1-5H3,(H,28,29)(H,25,26,27). The number of pyridine rings is 4. The number of aromatic nitrogens is 10. The Morgan fingerprint density at radius 3 is 1.67 bits per heavy atom. The Morgan fingerprint density at radius 1 is 0.729 bits per heavy atom. The van der Waals surface area contributed by atoms with Crippen LogP contribution in [0.2, 0.25) is 25.7 Å². The summed E-state index contributed by atoms with van der Waals surface area (Å²) in [7, 11) is -1.24. The van der Waals surface area contributed by atoms with Crippen LogP contribution < -0.4 is 18.9 Å². The molecule has 6 rings (SSSR count). The summed E-state index contributed by atoms with van der Waals surface area (Å²) < 4.78 is 59.5. The number of halogens is 2. The molecular weight excluding hydrogens is 927 g/mol. The van der Waals surface area contributed by atoms with Crippen molar-refractivity contribution in [2.45, 2.75) is 114 Å². The van der Waals surface area contributed by atoms with Gasteiger partial charge in [0.15, 0.2) is 17.5 Å². The van der Waals surface area contributed by atoms with Crippen molar-refractivity contribution in [2.75, 3.05) is 19.8 Å². The molecule has 0 spiro atoms. The van der Waals surface area contributed by atoms with Crippen LogP contribution in [0.15, 0.2) is 49.1 Å². The summed E-state index contributed by atoms with van der Waals surface area (Å²) in [5.74, 6) is -2.25. The molecule has 0 saturated heterocycles. The van der Waals surface area contributed by atoms with Crippen molar-refractivity contribution >= 4 is 20.0 Å². The van der Waals surface area contributed by atoms with Crippen LogP contribution in [0.1, 0.15) is 66.5 Å². The molecule has 0 fully saturated rings. The maximum Gasteiger partial charge on any atom is 0.336 e. The summed E-state index contributed by atoms with van der Waals surface area (Å²) >= 11 is 0. The number of aryl methyl sites for hydroxylation is 2. The van der Waals surface area contributed by atoms with Gasteiger partial charge in [0, 0.05) is 73.9 Å². The number of nitrogens with one attached hydrogen (secondary N) is 1. The van der Waals surface area contributed by atoms with Crippen LogP contribution in [0.5, 0.6) is 23.8 Å². The summed E-state index contributed by atoms with van der Waals surface area (Å²) in [6.07, 6.45) is 5.88. The molecule has 0 saturated carbocycles. The molecule has 376 valence electrons. The van der Waals surface area contributed by atoms with Crippen molar-refractivity contribution in [2.24, 2.45) is 10.8 Å². The average molecular weight is 989 g/mol. The normalized spacial score (nSPS) is 11.9. The average Bonchev–Trinajstić information content (AvgIpc) is 3.89. The molecule has 0 aromatic carbocycles. The molecule has 0 aliphatic carbocycles. The SMILES string of the molecule is Cc1cc(OCC(C)(C)C(=O)O)ncc1-c1cnc(-c2nc(OC(C)C)n(COCC[Si](C)(C)C)n2)c(F)c1.Cc1cc(OCC(C)(C)C(=O)O)ncc1-c1cnc(-c2nc(OC(C)C)n[nH]2)c(F)c1. The number of carbonyl (C=O) groups is 2. The summed E-state index contributed by atoms with van der Waals surface area (Å²) in [6.45, 7) is 24.9. The van der Waals surface area contributed by atoms with E-state index in [4.69, 9.17) is 23.7 Å². The Hall–Kier alpha value is -6.94. The smallest absolute Gasteiger partial charge is 0.336 e. The number of hydrogen-bond donors (Lipinski definition) is 3. The molecule has 6 aromatic rings. The van der Waals surface area contributed by atoms with Gasteiger partial charge in [-0.25, -0.2) is 28.7 Å². The topological polar surface area (TPSA) is 245 Å². The van der Waals surface area contributed by atoms with Crippen LogP contribution in [-0.4, -0.2) is 112 Å². The van der Waals surface area contributed by atoms with Gasteiger partial charge in [-0.15, -0.1) is 10.2 Å². The molecule has 0 amide bonds. The number of H-pyrrole nitrogens is 1. The lowest BCUT2D eigenvalue weighted by molar-refractivity contribution is -0.149. The molecule has 0 unspecified atom stereocenters. The first-order valence-electron chi connectivity index (χ1n) is 22.5. The molecule has 0 aliphatic rings. The Morgan fingerprint density at radius 2 is 1.23 bits per heavy atom. The third kappa shape index (κ3) is 14.8. The lowest BCUT2D eigenvalue weighted by Gasteiger charge is -2.19. The van der Waals surface area contributed by atoms with Crippen LogP contribution in [-0.2, 0) is 21.1 Å². The van der Waals surface area contributed by atoms with E-state index in [1.165, 1.54) is 35.4 Å². The number of rotatable bonds is 21. The van der Waals surface area contributed by atoms with Gasteiger partial charge in [0.2, 0.25) is 17.6 Å². The molecule has 19 nitrogen and oxygen atoms in total. The minimum Gasteiger partial charge on any atom is -0.481 e. The molecular formula is C48H62F2N10O9Si. The molecule has 6 heterocycles. The van der Waals surface area contributed by atoms with Crippen molar-refractivity contribution in [1.82, 2.24) is 49.9 Å². The Bertz CT molecular complexity index is 2780.